The lowest BCUT2D eigenvalue weighted by molar-refractivity contribution is 0.0703. The second kappa shape index (κ2) is 8.74. The first-order valence-electron chi connectivity index (χ1n) is 7.55. The molecule has 0 saturated carbocycles. The fourth-order valence-electron chi connectivity index (χ4n) is 2.53. The average molecular weight is 341 g/mol. The standard InChI is InChI=1S/C16H24N4O2.ClH/c1-19(2)16(22)18-13-6-4-5-12(11-13)15(21)20(3)14-7-9-17-10-8-14;/h4-6,11,14,17H,7-10H2,1-3H3,(H,18,22);1H. The van der Waals surface area contributed by atoms with E-state index in [1.165, 1.54) is 4.90 Å². The maximum absolute atomic E-state index is 12.6. The molecule has 0 aliphatic carbocycles. The van der Waals surface area contributed by atoms with Crippen LogP contribution in [0.25, 0.3) is 0 Å². The molecule has 1 heterocycles. The number of anilines is 1. The van der Waals surface area contributed by atoms with Crippen LogP contribution in [-0.4, -0.2) is 62.0 Å². The van der Waals surface area contributed by atoms with Gasteiger partial charge in [-0.2, -0.15) is 0 Å². The Morgan fingerprint density at radius 1 is 1.17 bits per heavy atom. The highest BCUT2D eigenvalue weighted by Crippen LogP contribution is 2.17. The molecule has 2 N–H and O–H groups in total. The number of benzene rings is 1. The molecule has 1 aliphatic heterocycles. The number of carbonyl (C=O) groups is 2. The number of rotatable bonds is 3. The topological polar surface area (TPSA) is 64.7 Å². The number of nitrogens with zero attached hydrogens (tertiary/aromatic N) is 2. The summed E-state index contributed by atoms with van der Waals surface area (Å²) in [6, 6.07) is 7.13. The Kier molecular flexibility index (Phi) is 7.32. The quantitative estimate of drug-likeness (QED) is 0.884. The smallest absolute Gasteiger partial charge is 0.321 e. The predicted octanol–water partition coefficient (Wildman–Crippen LogP) is 2.03. The van der Waals surface area contributed by atoms with Crippen LogP contribution in [0.1, 0.15) is 23.2 Å². The Morgan fingerprint density at radius 2 is 1.83 bits per heavy atom. The summed E-state index contributed by atoms with van der Waals surface area (Å²) < 4.78 is 0. The summed E-state index contributed by atoms with van der Waals surface area (Å²) in [5, 5.41) is 6.06. The van der Waals surface area contributed by atoms with Crippen molar-refractivity contribution in [2.45, 2.75) is 18.9 Å². The van der Waals surface area contributed by atoms with Gasteiger partial charge >= 0.3 is 6.03 Å². The molecule has 3 amide bonds. The van der Waals surface area contributed by atoms with Crippen molar-refractivity contribution in [2.75, 3.05) is 39.5 Å². The Morgan fingerprint density at radius 3 is 2.43 bits per heavy atom. The number of amides is 3. The molecule has 0 unspecified atom stereocenters. The molecule has 0 bridgehead atoms. The summed E-state index contributed by atoms with van der Waals surface area (Å²) in [5.41, 5.74) is 1.22. The number of piperidine rings is 1. The van der Waals surface area contributed by atoms with E-state index in [2.05, 4.69) is 10.6 Å². The van der Waals surface area contributed by atoms with Crippen molar-refractivity contribution in [2.24, 2.45) is 0 Å². The van der Waals surface area contributed by atoms with E-state index in [1.54, 1.807) is 38.4 Å². The number of hydrogen-bond acceptors (Lipinski definition) is 3. The third-order valence-electron chi connectivity index (χ3n) is 3.94. The van der Waals surface area contributed by atoms with Crippen LogP contribution >= 0.6 is 12.4 Å². The molecular weight excluding hydrogens is 316 g/mol. The molecule has 1 aromatic rings. The monoisotopic (exact) mass is 340 g/mol. The van der Waals surface area contributed by atoms with Crippen molar-refractivity contribution >= 4 is 30.0 Å². The summed E-state index contributed by atoms with van der Waals surface area (Å²) in [5.74, 6) is -0.00662. The van der Waals surface area contributed by atoms with E-state index in [1.807, 2.05) is 11.9 Å². The Labute approximate surface area is 143 Å². The predicted molar refractivity (Wildman–Crippen MR) is 94.4 cm³/mol. The van der Waals surface area contributed by atoms with E-state index in [4.69, 9.17) is 0 Å². The largest absolute Gasteiger partial charge is 0.339 e. The minimum atomic E-state index is -0.212. The van der Waals surface area contributed by atoms with Crippen LogP contribution in [0.2, 0.25) is 0 Å². The molecule has 1 fully saturated rings. The molecule has 6 nitrogen and oxygen atoms in total. The fraction of sp³-hybridized carbons (Fsp3) is 0.500. The lowest BCUT2D eigenvalue weighted by Gasteiger charge is -2.31. The third kappa shape index (κ3) is 5.11. The van der Waals surface area contributed by atoms with Crippen LogP contribution in [0.15, 0.2) is 24.3 Å². The molecule has 7 heteroatoms. The molecule has 23 heavy (non-hydrogen) atoms. The Hall–Kier alpha value is -1.79. The molecule has 0 spiro atoms. The molecule has 0 aromatic heterocycles. The van der Waals surface area contributed by atoms with Crippen LogP contribution < -0.4 is 10.6 Å². The van der Waals surface area contributed by atoms with Crippen molar-refractivity contribution in [3.05, 3.63) is 29.8 Å². The van der Waals surface area contributed by atoms with Gasteiger partial charge in [0.15, 0.2) is 0 Å². The molecule has 2 rings (SSSR count). The SMILES string of the molecule is CN(C)C(=O)Nc1cccc(C(=O)N(C)C2CCNCC2)c1.Cl. The van der Waals surface area contributed by atoms with Crippen molar-refractivity contribution in [1.29, 1.82) is 0 Å². The van der Waals surface area contributed by atoms with Crippen LogP contribution in [0.4, 0.5) is 10.5 Å². The lowest BCUT2D eigenvalue weighted by Crippen LogP contribution is -2.43. The van der Waals surface area contributed by atoms with Gasteiger partial charge in [0.25, 0.3) is 5.91 Å². The highest BCUT2D eigenvalue weighted by molar-refractivity contribution is 5.96. The number of hydrogen-bond donors (Lipinski definition) is 2. The van der Waals surface area contributed by atoms with E-state index in [9.17, 15) is 9.59 Å². The van der Waals surface area contributed by atoms with Gasteiger partial charge in [0.1, 0.15) is 0 Å². The van der Waals surface area contributed by atoms with Gasteiger partial charge in [-0.1, -0.05) is 6.07 Å². The minimum absolute atomic E-state index is 0. The fourth-order valence-corrected chi connectivity index (χ4v) is 2.53. The van der Waals surface area contributed by atoms with E-state index in [0.29, 0.717) is 11.3 Å². The van der Waals surface area contributed by atoms with E-state index in [0.717, 1.165) is 25.9 Å². The Bertz CT molecular complexity index is 545. The van der Waals surface area contributed by atoms with Gasteiger partial charge in [-0.05, 0) is 44.1 Å². The number of urea groups is 1. The van der Waals surface area contributed by atoms with Gasteiger partial charge in [-0.15, -0.1) is 12.4 Å². The molecule has 1 aliphatic rings. The van der Waals surface area contributed by atoms with Gasteiger partial charge in [-0.25, -0.2) is 4.79 Å². The minimum Gasteiger partial charge on any atom is -0.339 e. The average Bonchev–Trinajstić information content (AvgIpc) is 2.54. The Balaban J connectivity index is 0.00000264. The van der Waals surface area contributed by atoms with Gasteiger partial charge in [0.05, 0.1) is 0 Å². The summed E-state index contributed by atoms with van der Waals surface area (Å²) in [6.07, 6.45) is 1.94. The van der Waals surface area contributed by atoms with Crippen LogP contribution in [0.5, 0.6) is 0 Å². The van der Waals surface area contributed by atoms with Crippen LogP contribution in [0, 0.1) is 0 Å². The molecule has 0 radical (unpaired) electrons. The second-order valence-corrected chi connectivity index (χ2v) is 5.80. The zero-order valence-corrected chi connectivity index (χ0v) is 14.7. The first kappa shape index (κ1) is 19.3. The summed E-state index contributed by atoms with van der Waals surface area (Å²) in [4.78, 5) is 27.6. The normalized spacial score (nSPS) is 14.6. The summed E-state index contributed by atoms with van der Waals surface area (Å²) in [7, 11) is 5.20. The van der Waals surface area contributed by atoms with E-state index < -0.39 is 0 Å². The zero-order valence-electron chi connectivity index (χ0n) is 13.8. The summed E-state index contributed by atoms with van der Waals surface area (Å²) >= 11 is 0. The second-order valence-electron chi connectivity index (χ2n) is 5.80. The maximum atomic E-state index is 12.6. The van der Waals surface area contributed by atoms with Crippen LogP contribution in [0.3, 0.4) is 0 Å². The van der Waals surface area contributed by atoms with Crippen molar-refractivity contribution < 1.29 is 9.59 Å². The summed E-state index contributed by atoms with van der Waals surface area (Å²) in [6.45, 7) is 1.89. The highest BCUT2D eigenvalue weighted by Gasteiger charge is 2.23. The number of nitrogens with one attached hydrogen (secondary N) is 2. The van der Waals surface area contributed by atoms with Gasteiger partial charge in [0.2, 0.25) is 0 Å². The maximum Gasteiger partial charge on any atom is 0.321 e. The first-order valence-corrected chi connectivity index (χ1v) is 7.55. The highest BCUT2D eigenvalue weighted by atomic mass is 35.5. The van der Waals surface area contributed by atoms with Crippen LogP contribution in [-0.2, 0) is 0 Å². The molecule has 1 aromatic carbocycles. The van der Waals surface area contributed by atoms with Crippen molar-refractivity contribution in [1.82, 2.24) is 15.1 Å². The van der Waals surface area contributed by atoms with Gasteiger partial charge in [0, 0.05) is 38.4 Å². The van der Waals surface area contributed by atoms with Gasteiger partial charge in [-0.3, -0.25) is 4.79 Å². The number of carbonyl (C=O) groups excluding carboxylic acids is 2. The third-order valence-corrected chi connectivity index (χ3v) is 3.94. The zero-order chi connectivity index (χ0) is 16.1. The molecule has 0 atom stereocenters. The molecule has 1 saturated heterocycles. The van der Waals surface area contributed by atoms with E-state index >= 15 is 0 Å². The van der Waals surface area contributed by atoms with Gasteiger partial charge < -0.3 is 20.4 Å². The lowest BCUT2D eigenvalue weighted by atomic mass is 10.0. The molecular formula is C16H25ClN4O2. The van der Waals surface area contributed by atoms with E-state index in [-0.39, 0.29) is 30.4 Å². The molecule has 128 valence electrons. The first-order chi connectivity index (χ1) is 10.5. The van der Waals surface area contributed by atoms with Crippen molar-refractivity contribution in [3.8, 4) is 0 Å². The van der Waals surface area contributed by atoms with Crippen molar-refractivity contribution in [3.63, 3.8) is 0 Å². The number of halogens is 1.